The first kappa shape index (κ1) is 19.8. The van der Waals surface area contributed by atoms with Gasteiger partial charge >= 0.3 is 5.97 Å². The van der Waals surface area contributed by atoms with Crippen LogP contribution in [-0.2, 0) is 14.3 Å². The maximum Gasteiger partial charge on any atom is 0.343 e. The van der Waals surface area contributed by atoms with Crippen LogP contribution in [0.3, 0.4) is 0 Å². The van der Waals surface area contributed by atoms with E-state index in [4.69, 9.17) is 9.47 Å². The molecule has 140 valence electrons. The number of carbonyl (C=O) groups is 3. The highest BCUT2D eigenvalue weighted by molar-refractivity contribution is 8.18. The van der Waals surface area contributed by atoms with Crippen molar-refractivity contribution in [3.8, 4) is 11.5 Å². The van der Waals surface area contributed by atoms with Crippen LogP contribution in [0, 0.1) is 0 Å². The number of imide groups is 1. The molecule has 2 rings (SSSR count). The Kier molecular flexibility index (Phi) is 7.08. The van der Waals surface area contributed by atoms with Crippen LogP contribution in [-0.4, -0.2) is 49.4 Å². The third kappa shape index (κ3) is 4.78. The number of carbonyl (C=O) groups excluding carboxylic acids is 3. The molecule has 8 heteroatoms. The van der Waals surface area contributed by atoms with Gasteiger partial charge in [-0.2, -0.15) is 0 Å². The van der Waals surface area contributed by atoms with Gasteiger partial charge in [0.1, 0.15) is 0 Å². The molecule has 7 nitrogen and oxygen atoms in total. The lowest BCUT2D eigenvalue weighted by molar-refractivity contribution is -0.142. The van der Waals surface area contributed by atoms with Gasteiger partial charge < -0.3 is 14.2 Å². The fraction of sp³-hybridized carbons (Fsp3) is 0.389. The highest BCUT2D eigenvalue weighted by Gasteiger charge is 2.34. The van der Waals surface area contributed by atoms with Gasteiger partial charge in [-0.25, -0.2) is 4.79 Å². The summed E-state index contributed by atoms with van der Waals surface area (Å²) < 4.78 is 15.1. The molecule has 0 radical (unpaired) electrons. The highest BCUT2D eigenvalue weighted by Crippen LogP contribution is 2.34. The predicted molar refractivity (Wildman–Crippen MR) is 98.1 cm³/mol. The third-order valence-electron chi connectivity index (χ3n) is 3.67. The normalized spacial score (nSPS) is 15.5. The average molecular weight is 379 g/mol. The van der Waals surface area contributed by atoms with Crippen molar-refractivity contribution in [1.82, 2.24) is 4.90 Å². The standard InChI is InChI=1S/C18H21NO6S/c1-4-5-8-19-17(21)15(26-18(19)22)10-12-6-7-13(14(9-12)23-2)25-11-16(20)24-3/h6-7,9-10H,4-5,8,11H2,1-3H3. The highest BCUT2D eigenvalue weighted by atomic mass is 32.2. The molecule has 0 spiro atoms. The number of esters is 1. The van der Waals surface area contributed by atoms with Crippen molar-refractivity contribution in [3.05, 3.63) is 28.7 Å². The molecule has 0 unspecified atom stereocenters. The second kappa shape index (κ2) is 9.28. The monoisotopic (exact) mass is 379 g/mol. The van der Waals surface area contributed by atoms with Gasteiger partial charge in [0, 0.05) is 6.54 Å². The molecule has 1 aromatic rings. The molecule has 1 saturated heterocycles. The van der Waals surface area contributed by atoms with Crippen molar-refractivity contribution in [2.75, 3.05) is 27.4 Å². The topological polar surface area (TPSA) is 82.1 Å². The summed E-state index contributed by atoms with van der Waals surface area (Å²) in [6.45, 7) is 2.20. The number of rotatable bonds is 8. The number of benzene rings is 1. The van der Waals surface area contributed by atoms with Crippen LogP contribution in [0.5, 0.6) is 11.5 Å². The number of nitrogens with zero attached hydrogens (tertiary/aromatic N) is 1. The van der Waals surface area contributed by atoms with Crippen LogP contribution in [0.15, 0.2) is 23.1 Å². The number of thioether (sulfide) groups is 1. The molecule has 0 aromatic heterocycles. The number of hydrogen-bond acceptors (Lipinski definition) is 7. The third-order valence-corrected chi connectivity index (χ3v) is 4.57. The number of ether oxygens (including phenoxy) is 3. The zero-order chi connectivity index (χ0) is 19.1. The molecule has 26 heavy (non-hydrogen) atoms. The lowest BCUT2D eigenvalue weighted by Crippen LogP contribution is -2.29. The Bertz CT molecular complexity index is 730. The Hall–Kier alpha value is -2.48. The van der Waals surface area contributed by atoms with E-state index < -0.39 is 5.97 Å². The van der Waals surface area contributed by atoms with Crippen LogP contribution >= 0.6 is 11.8 Å². The van der Waals surface area contributed by atoms with Crippen molar-refractivity contribution >= 4 is 35.0 Å². The second-order valence-corrected chi connectivity index (χ2v) is 6.46. The minimum Gasteiger partial charge on any atom is -0.493 e. The summed E-state index contributed by atoms with van der Waals surface area (Å²) in [5.41, 5.74) is 0.688. The number of hydrogen-bond donors (Lipinski definition) is 0. The van der Waals surface area contributed by atoms with Gasteiger partial charge in [0.25, 0.3) is 11.1 Å². The van der Waals surface area contributed by atoms with E-state index in [0.717, 1.165) is 24.6 Å². The number of methoxy groups -OCH3 is 2. The van der Waals surface area contributed by atoms with Gasteiger partial charge in [0.15, 0.2) is 18.1 Å². The Morgan fingerprint density at radius 3 is 2.65 bits per heavy atom. The average Bonchev–Trinajstić information content (AvgIpc) is 2.91. The molecule has 0 atom stereocenters. The van der Waals surface area contributed by atoms with E-state index >= 15 is 0 Å². The van der Waals surface area contributed by atoms with Crippen molar-refractivity contribution < 1.29 is 28.6 Å². The van der Waals surface area contributed by atoms with E-state index in [1.54, 1.807) is 24.3 Å². The summed E-state index contributed by atoms with van der Waals surface area (Å²) in [7, 11) is 2.75. The fourth-order valence-corrected chi connectivity index (χ4v) is 3.11. The molecule has 1 aliphatic heterocycles. The summed E-state index contributed by atoms with van der Waals surface area (Å²) in [5, 5.41) is -0.250. The number of unbranched alkanes of at least 4 members (excludes halogenated alkanes) is 1. The van der Waals surface area contributed by atoms with Crippen molar-refractivity contribution in [1.29, 1.82) is 0 Å². The van der Waals surface area contributed by atoms with E-state index in [0.29, 0.717) is 28.5 Å². The van der Waals surface area contributed by atoms with Gasteiger partial charge in [0.2, 0.25) is 0 Å². The van der Waals surface area contributed by atoms with Crippen molar-refractivity contribution in [2.45, 2.75) is 19.8 Å². The van der Waals surface area contributed by atoms with E-state index in [1.807, 2.05) is 6.92 Å². The molecule has 1 aromatic carbocycles. The lowest BCUT2D eigenvalue weighted by atomic mass is 10.2. The Morgan fingerprint density at radius 1 is 1.23 bits per heavy atom. The van der Waals surface area contributed by atoms with Crippen molar-refractivity contribution in [2.24, 2.45) is 0 Å². The lowest BCUT2D eigenvalue weighted by Gasteiger charge is -2.11. The van der Waals surface area contributed by atoms with Crippen LogP contribution in [0.4, 0.5) is 4.79 Å². The predicted octanol–water partition coefficient (Wildman–Crippen LogP) is 3.08. The zero-order valence-corrected chi connectivity index (χ0v) is 15.8. The first-order chi connectivity index (χ1) is 12.5. The maximum atomic E-state index is 12.4. The van der Waals surface area contributed by atoms with Gasteiger partial charge in [-0.05, 0) is 42.0 Å². The van der Waals surface area contributed by atoms with Gasteiger partial charge in [0.05, 0.1) is 19.1 Å². The molecular formula is C18H21NO6S. The summed E-state index contributed by atoms with van der Waals surface area (Å²) >= 11 is 0.927. The first-order valence-electron chi connectivity index (χ1n) is 8.13. The Balaban J connectivity index is 2.16. The number of amides is 2. The molecule has 0 aliphatic carbocycles. The van der Waals surface area contributed by atoms with Crippen molar-refractivity contribution in [3.63, 3.8) is 0 Å². The van der Waals surface area contributed by atoms with E-state index in [-0.39, 0.29) is 17.8 Å². The molecule has 1 aliphatic rings. The molecule has 1 heterocycles. The zero-order valence-electron chi connectivity index (χ0n) is 14.9. The second-order valence-electron chi connectivity index (χ2n) is 5.46. The maximum absolute atomic E-state index is 12.4. The van der Waals surface area contributed by atoms with Crippen LogP contribution in [0.25, 0.3) is 6.08 Å². The van der Waals surface area contributed by atoms with Gasteiger partial charge in [-0.15, -0.1) is 0 Å². The Labute approximate surface area is 156 Å². The van der Waals surface area contributed by atoms with Crippen LogP contribution < -0.4 is 9.47 Å². The van der Waals surface area contributed by atoms with E-state index in [1.165, 1.54) is 19.1 Å². The Morgan fingerprint density at radius 2 is 2.00 bits per heavy atom. The van der Waals surface area contributed by atoms with Crippen LogP contribution in [0.2, 0.25) is 0 Å². The quantitative estimate of drug-likeness (QED) is 0.507. The molecular weight excluding hydrogens is 358 g/mol. The first-order valence-corrected chi connectivity index (χ1v) is 8.94. The van der Waals surface area contributed by atoms with E-state index in [9.17, 15) is 14.4 Å². The molecule has 0 bridgehead atoms. The minimum absolute atomic E-state index is 0.234. The molecule has 1 fully saturated rings. The summed E-state index contributed by atoms with van der Waals surface area (Å²) in [6.07, 6.45) is 3.33. The van der Waals surface area contributed by atoms with Gasteiger partial charge in [-0.3, -0.25) is 14.5 Å². The summed E-state index contributed by atoms with van der Waals surface area (Å²) in [4.78, 5) is 37.2. The van der Waals surface area contributed by atoms with E-state index in [2.05, 4.69) is 4.74 Å². The van der Waals surface area contributed by atoms with Crippen LogP contribution in [0.1, 0.15) is 25.3 Å². The molecule has 0 saturated carbocycles. The fourth-order valence-electron chi connectivity index (χ4n) is 2.25. The summed E-state index contributed by atoms with van der Waals surface area (Å²) in [6, 6.07) is 5.02. The SMILES string of the molecule is CCCCN1C(=O)SC(=Cc2ccc(OCC(=O)OC)c(OC)c2)C1=O. The summed E-state index contributed by atoms with van der Waals surface area (Å²) in [5.74, 6) is 0.00859. The van der Waals surface area contributed by atoms with Gasteiger partial charge in [-0.1, -0.05) is 19.4 Å². The molecule has 2 amide bonds. The minimum atomic E-state index is -0.503. The smallest absolute Gasteiger partial charge is 0.343 e. The molecule has 0 N–H and O–H groups in total. The largest absolute Gasteiger partial charge is 0.493 e.